The Morgan fingerprint density at radius 1 is 1.15 bits per heavy atom. The molecule has 3 heterocycles. The molecule has 34 heavy (non-hydrogen) atoms. The first-order valence-electron chi connectivity index (χ1n) is 10.6. The van der Waals surface area contributed by atoms with Crippen LogP contribution < -0.4 is 10.2 Å². The largest absolute Gasteiger partial charge is 0.418 e. The molecule has 1 saturated heterocycles. The third-order valence-corrected chi connectivity index (χ3v) is 5.66. The van der Waals surface area contributed by atoms with Crippen LogP contribution in [0.4, 0.5) is 24.5 Å². The van der Waals surface area contributed by atoms with E-state index in [4.69, 9.17) is 9.26 Å². The third kappa shape index (κ3) is 4.21. The van der Waals surface area contributed by atoms with Crippen LogP contribution >= 0.6 is 0 Å². The fourth-order valence-electron chi connectivity index (χ4n) is 3.93. The number of aromatic amines is 1. The number of anilines is 2. The molecule has 0 saturated carbocycles. The lowest BCUT2D eigenvalue weighted by Gasteiger charge is -2.31. The Morgan fingerprint density at radius 3 is 2.65 bits per heavy atom. The molecule has 1 aliphatic rings. The summed E-state index contributed by atoms with van der Waals surface area (Å²) in [4.78, 5) is 21.6. The Labute approximate surface area is 191 Å². The van der Waals surface area contributed by atoms with Gasteiger partial charge in [-0.2, -0.15) is 13.2 Å². The van der Waals surface area contributed by atoms with Gasteiger partial charge in [-0.05, 0) is 43.3 Å². The van der Waals surface area contributed by atoms with Crippen molar-refractivity contribution >= 4 is 28.3 Å². The molecule has 4 aromatic rings. The van der Waals surface area contributed by atoms with Crippen LogP contribution in [-0.4, -0.2) is 47.3 Å². The summed E-state index contributed by atoms with van der Waals surface area (Å²) in [5, 5.41) is 6.33. The number of carbonyl (C=O) groups is 1. The zero-order valence-corrected chi connectivity index (χ0v) is 18.1. The standard InChI is InChI=1S/C23H20F3N5O3/c1-13-16(12-27-34-13)22(32)28-15-3-4-18-19(11-15)30-21(29-18)14-2-5-20(17(10-14)23(24,25)26)31-6-8-33-9-7-31/h2-5,10-12H,6-9H2,1H3,(H,28,32)(H,29,30). The smallest absolute Gasteiger partial charge is 0.378 e. The topological polar surface area (TPSA) is 96.3 Å². The summed E-state index contributed by atoms with van der Waals surface area (Å²) in [7, 11) is 0. The number of benzene rings is 2. The SMILES string of the molecule is Cc1oncc1C(=O)Nc1ccc2[nH]c(-c3ccc(N4CCOCC4)c(C(F)(F)F)c3)nc2c1. The van der Waals surface area contributed by atoms with Crippen molar-refractivity contribution in [2.75, 3.05) is 36.5 Å². The van der Waals surface area contributed by atoms with E-state index in [1.54, 1.807) is 36.1 Å². The average molecular weight is 471 g/mol. The van der Waals surface area contributed by atoms with Gasteiger partial charge in [0.05, 0.1) is 36.0 Å². The van der Waals surface area contributed by atoms with Crippen molar-refractivity contribution in [3.63, 3.8) is 0 Å². The number of rotatable bonds is 4. The highest BCUT2D eigenvalue weighted by molar-refractivity contribution is 6.05. The van der Waals surface area contributed by atoms with E-state index >= 15 is 0 Å². The minimum absolute atomic E-state index is 0.129. The van der Waals surface area contributed by atoms with Crippen LogP contribution in [0.25, 0.3) is 22.4 Å². The first-order chi connectivity index (χ1) is 16.3. The van der Waals surface area contributed by atoms with Gasteiger partial charge < -0.3 is 24.5 Å². The molecule has 5 rings (SSSR count). The molecule has 0 bridgehead atoms. The van der Waals surface area contributed by atoms with Gasteiger partial charge in [-0.15, -0.1) is 0 Å². The lowest BCUT2D eigenvalue weighted by atomic mass is 10.1. The van der Waals surface area contributed by atoms with Crippen molar-refractivity contribution in [3.8, 4) is 11.4 Å². The molecule has 0 unspecified atom stereocenters. The highest BCUT2D eigenvalue weighted by atomic mass is 19.4. The highest BCUT2D eigenvalue weighted by Crippen LogP contribution is 2.39. The maximum Gasteiger partial charge on any atom is 0.418 e. The molecule has 2 aromatic carbocycles. The number of carbonyl (C=O) groups excluding carboxylic acids is 1. The van der Waals surface area contributed by atoms with E-state index in [0.29, 0.717) is 65.7 Å². The Morgan fingerprint density at radius 2 is 1.94 bits per heavy atom. The molecular formula is C23H20F3N5O3. The van der Waals surface area contributed by atoms with Crippen LogP contribution in [0.1, 0.15) is 21.7 Å². The number of morpholine rings is 1. The monoisotopic (exact) mass is 471 g/mol. The van der Waals surface area contributed by atoms with E-state index in [9.17, 15) is 18.0 Å². The molecule has 11 heteroatoms. The molecule has 2 N–H and O–H groups in total. The van der Waals surface area contributed by atoms with E-state index in [1.807, 2.05) is 0 Å². The molecule has 1 fully saturated rings. The van der Waals surface area contributed by atoms with Crippen LogP contribution in [-0.2, 0) is 10.9 Å². The third-order valence-electron chi connectivity index (χ3n) is 5.66. The number of ether oxygens (including phenoxy) is 1. The maximum absolute atomic E-state index is 13.9. The molecule has 0 atom stereocenters. The van der Waals surface area contributed by atoms with E-state index < -0.39 is 11.7 Å². The summed E-state index contributed by atoms with van der Waals surface area (Å²) in [6, 6.07) is 9.23. The summed E-state index contributed by atoms with van der Waals surface area (Å²) in [5.41, 5.74) is 1.64. The van der Waals surface area contributed by atoms with Gasteiger partial charge in [0.2, 0.25) is 0 Å². The van der Waals surface area contributed by atoms with Crippen molar-refractivity contribution in [2.24, 2.45) is 0 Å². The second-order valence-electron chi connectivity index (χ2n) is 7.90. The number of halogens is 3. The van der Waals surface area contributed by atoms with Gasteiger partial charge in [-0.1, -0.05) is 5.16 Å². The van der Waals surface area contributed by atoms with Gasteiger partial charge in [0, 0.05) is 30.0 Å². The molecule has 1 amide bonds. The van der Waals surface area contributed by atoms with Crippen LogP contribution in [0.15, 0.2) is 47.1 Å². The fraction of sp³-hybridized carbons (Fsp3) is 0.261. The lowest BCUT2D eigenvalue weighted by Crippen LogP contribution is -2.37. The zero-order chi connectivity index (χ0) is 23.9. The summed E-state index contributed by atoms with van der Waals surface area (Å²) >= 11 is 0. The van der Waals surface area contributed by atoms with Gasteiger partial charge >= 0.3 is 6.18 Å². The van der Waals surface area contributed by atoms with Crippen molar-refractivity contribution in [2.45, 2.75) is 13.1 Å². The number of H-pyrrole nitrogens is 1. The number of fused-ring (bicyclic) bond motifs is 1. The van der Waals surface area contributed by atoms with Crippen molar-refractivity contribution < 1.29 is 27.2 Å². The predicted octanol–water partition coefficient (Wildman–Crippen LogP) is 4.63. The normalized spacial score (nSPS) is 14.5. The Kier molecular flexibility index (Phi) is 5.48. The van der Waals surface area contributed by atoms with Gasteiger partial charge in [0.15, 0.2) is 0 Å². The number of aromatic nitrogens is 3. The summed E-state index contributed by atoms with van der Waals surface area (Å²) in [5.74, 6) is 0.302. The van der Waals surface area contributed by atoms with Crippen molar-refractivity contribution in [3.05, 3.63) is 59.5 Å². The number of nitrogens with one attached hydrogen (secondary N) is 2. The number of hydrogen-bond acceptors (Lipinski definition) is 6. The Hall–Kier alpha value is -3.86. The molecule has 1 aliphatic heterocycles. The predicted molar refractivity (Wildman–Crippen MR) is 119 cm³/mol. The van der Waals surface area contributed by atoms with Gasteiger partial charge in [-0.25, -0.2) is 4.98 Å². The van der Waals surface area contributed by atoms with Gasteiger partial charge in [-0.3, -0.25) is 4.79 Å². The number of hydrogen-bond donors (Lipinski definition) is 2. The van der Waals surface area contributed by atoms with Gasteiger partial charge in [0.1, 0.15) is 17.1 Å². The molecular weight excluding hydrogens is 451 g/mol. The summed E-state index contributed by atoms with van der Waals surface area (Å²) in [6.07, 6.45) is -3.19. The van der Waals surface area contributed by atoms with Crippen LogP contribution in [0.2, 0.25) is 0 Å². The van der Waals surface area contributed by atoms with E-state index in [-0.39, 0.29) is 11.6 Å². The van der Waals surface area contributed by atoms with E-state index in [2.05, 4.69) is 20.4 Å². The van der Waals surface area contributed by atoms with Gasteiger partial charge in [0.25, 0.3) is 5.91 Å². The molecule has 176 valence electrons. The van der Waals surface area contributed by atoms with Crippen LogP contribution in [0, 0.1) is 6.92 Å². The first kappa shape index (κ1) is 22.0. The highest BCUT2D eigenvalue weighted by Gasteiger charge is 2.36. The fourth-order valence-corrected chi connectivity index (χ4v) is 3.93. The molecule has 0 radical (unpaired) electrons. The molecule has 0 spiro atoms. The average Bonchev–Trinajstić information content (AvgIpc) is 3.44. The summed E-state index contributed by atoms with van der Waals surface area (Å²) in [6.45, 7) is 3.20. The number of imidazole rings is 1. The number of alkyl halides is 3. The Bertz CT molecular complexity index is 1360. The van der Waals surface area contributed by atoms with Crippen molar-refractivity contribution in [1.82, 2.24) is 15.1 Å². The maximum atomic E-state index is 13.9. The Balaban J connectivity index is 1.45. The second kappa shape index (κ2) is 8.49. The number of aryl methyl sites for hydroxylation is 1. The van der Waals surface area contributed by atoms with Crippen LogP contribution in [0.3, 0.4) is 0 Å². The minimum atomic E-state index is -4.52. The second-order valence-corrected chi connectivity index (χ2v) is 7.90. The first-order valence-corrected chi connectivity index (χ1v) is 10.6. The number of amides is 1. The summed E-state index contributed by atoms with van der Waals surface area (Å²) < 4.78 is 51.8. The molecule has 8 nitrogen and oxygen atoms in total. The van der Waals surface area contributed by atoms with E-state index in [0.717, 1.165) is 6.07 Å². The quantitative estimate of drug-likeness (QED) is 0.451. The minimum Gasteiger partial charge on any atom is -0.378 e. The zero-order valence-electron chi connectivity index (χ0n) is 18.1. The van der Waals surface area contributed by atoms with Crippen LogP contribution in [0.5, 0.6) is 0 Å². The number of nitrogens with zero attached hydrogens (tertiary/aromatic N) is 3. The van der Waals surface area contributed by atoms with E-state index in [1.165, 1.54) is 12.3 Å². The lowest BCUT2D eigenvalue weighted by molar-refractivity contribution is -0.137. The van der Waals surface area contributed by atoms with Crippen molar-refractivity contribution in [1.29, 1.82) is 0 Å². The molecule has 2 aromatic heterocycles. The molecule has 0 aliphatic carbocycles.